The molecule has 102 valence electrons. The number of halogens is 2. The molecule has 1 aromatic heterocycles. The van der Waals surface area contributed by atoms with Gasteiger partial charge in [0.15, 0.2) is 11.6 Å². The average molecular weight is 265 g/mol. The van der Waals surface area contributed by atoms with E-state index in [1.165, 1.54) is 6.07 Å². The highest BCUT2D eigenvalue weighted by Crippen LogP contribution is 2.22. The molecule has 0 radical (unpaired) electrons. The Labute approximate surface area is 111 Å². The average Bonchev–Trinajstić information content (AvgIpc) is 2.83. The zero-order chi connectivity index (χ0) is 13.8. The molecule has 5 heteroatoms. The van der Waals surface area contributed by atoms with Crippen LogP contribution in [0, 0.1) is 11.6 Å². The van der Waals surface area contributed by atoms with Gasteiger partial charge in [0.2, 0.25) is 0 Å². The van der Waals surface area contributed by atoms with Gasteiger partial charge in [-0.3, -0.25) is 4.68 Å². The summed E-state index contributed by atoms with van der Waals surface area (Å²) in [4.78, 5) is 0. The van der Waals surface area contributed by atoms with Gasteiger partial charge in [-0.1, -0.05) is 13.0 Å². The summed E-state index contributed by atoms with van der Waals surface area (Å²) in [7, 11) is 1.78. The van der Waals surface area contributed by atoms with Gasteiger partial charge < -0.3 is 5.32 Å². The molecule has 19 heavy (non-hydrogen) atoms. The molecule has 1 unspecified atom stereocenters. The van der Waals surface area contributed by atoms with Crippen molar-refractivity contribution >= 4 is 0 Å². The van der Waals surface area contributed by atoms with E-state index in [2.05, 4.69) is 17.3 Å². The lowest BCUT2D eigenvalue weighted by molar-refractivity contribution is 0.505. The molecule has 1 atom stereocenters. The number of hydrogen-bond donors (Lipinski definition) is 1. The molecular weight excluding hydrogens is 248 g/mol. The third-order valence-corrected chi connectivity index (χ3v) is 3.00. The molecule has 0 aliphatic heterocycles. The highest BCUT2D eigenvalue weighted by Gasteiger charge is 2.15. The van der Waals surface area contributed by atoms with Crippen molar-refractivity contribution in [2.45, 2.75) is 25.9 Å². The first-order valence-corrected chi connectivity index (χ1v) is 6.30. The van der Waals surface area contributed by atoms with Crippen LogP contribution in [0.4, 0.5) is 8.78 Å². The van der Waals surface area contributed by atoms with Crippen LogP contribution in [-0.2, 0) is 6.54 Å². The van der Waals surface area contributed by atoms with Gasteiger partial charge in [0, 0.05) is 18.3 Å². The van der Waals surface area contributed by atoms with Gasteiger partial charge in [-0.05, 0) is 31.2 Å². The van der Waals surface area contributed by atoms with Crippen LogP contribution >= 0.6 is 0 Å². The van der Waals surface area contributed by atoms with E-state index in [-0.39, 0.29) is 6.04 Å². The molecule has 1 N–H and O–H groups in total. The number of nitrogens with one attached hydrogen (secondary N) is 1. The molecule has 0 bridgehead atoms. The summed E-state index contributed by atoms with van der Waals surface area (Å²) >= 11 is 0. The molecular formula is C14H17F2N3. The van der Waals surface area contributed by atoms with Gasteiger partial charge in [0.25, 0.3) is 0 Å². The number of benzene rings is 1. The Morgan fingerprint density at radius 2 is 2.05 bits per heavy atom. The van der Waals surface area contributed by atoms with Gasteiger partial charge in [0.1, 0.15) is 0 Å². The van der Waals surface area contributed by atoms with E-state index < -0.39 is 11.6 Å². The monoisotopic (exact) mass is 265 g/mol. The maximum atomic E-state index is 13.3. The molecule has 0 amide bonds. The lowest BCUT2D eigenvalue weighted by atomic mass is 10.0. The largest absolute Gasteiger partial charge is 0.309 e. The topological polar surface area (TPSA) is 29.9 Å². The fraction of sp³-hybridized carbons (Fsp3) is 0.357. The summed E-state index contributed by atoms with van der Waals surface area (Å²) in [6.45, 7) is 2.92. The van der Waals surface area contributed by atoms with Crippen molar-refractivity contribution in [1.29, 1.82) is 0 Å². The summed E-state index contributed by atoms with van der Waals surface area (Å²) in [5.41, 5.74) is 1.61. The molecule has 0 saturated carbocycles. The minimum absolute atomic E-state index is 0.194. The molecule has 3 nitrogen and oxygen atoms in total. The number of aryl methyl sites for hydroxylation is 1. The number of hydrogen-bond acceptors (Lipinski definition) is 2. The van der Waals surface area contributed by atoms with E-state index in [0.717, 1.165) is 24.6 Å². The molecule has 0 aliphatic carbocycles. The van der Waals surface area contributed by atoms with E-state index >= 15 is 0 Å². The SMILES string of the molecule is CCCn1cc(C(NC)c2ccc(F)c(F)c2)cn1. The first kappa shape index (κ1) is 13.7. The maximum Gasteiger partial charge on any atom is 0.159 e. The van der Waals surface area contributed by atoms with Crippen molar-refractivity contribution in [1.82, 2.24) is 15.1 Å². The summed E-state index contributed by atoms with van der Waals surface area (Å²) in [5, 5.41) is 7.34. The quantitative estimate of drug-likeness (QED) is 0.901. The van der Waals surface area contributed by atoms with Gasteiger partial charge >= 0.3 is 0 Å². The zero-order valence-electron chi connectivity index (χ0n) is 11.0. The Bertz CT molecular complexity index is 551. The van der Waals surface area contributed by atoms with Crippen LogP contribution < -0.4 is 5.32 Å². The normalized spacial score (nSPS) is 12.6. The van der Waals surface area contributed by atoms with Crippen LogP contribution in [0.15, 0.2) is 30.6 Å². The second-order valence-corrected chi connectivity index (χ2v) is 4.43. The summed E-state index contributed by atoms with van der Waals surface area (Å²) in [6, 6.07) is 3.75. The minimum Gasteiger partial charge on any atom is -0.309 e. The summed E-state index contributed by atoms with van der Waals surface area (Å²) in [6.07, 6.45) is 4.67. The van der Waals surface area contributed by atoms with Crippen LogP contribution in [0.2, 0.25) is 0 Å². The Morgan fingerprint density at radius 3 is 2.68 bits per heavy atom. The van der Waals surface area contributed by atoms with Gasteiger partial charge in [-0.15, -0.1) is 0 Å². The second-order valence-electron chi connectivity index (χ2n) is 4.43. The predicted molar refractivity (Wildman–Crippen MR) is 69.8 cm³/mol. The lowest BCUT2D eigenvalue weighted by Crippen LogP contribution is -2.17. The third-order valence-electron chi connectivity index (χ3n) is 3.00. The van der Waals surface area contributed by atoms with Gasteiger partial charge in [-0.25, -0.2) is 8.78 Å². The zero-order valence-corrected chi connectivity index (χ0v) is 11.0. The van der Waals surface area contributed by atoms with Crippen molar-refractivity contribution in [2.75, 3.05) is 7.05 Å². The highest BCUT2D eigenvalue weighted by molar-refractivity contribution is 5.29. The third kappa shape index (κ3) is 2.98. The first-order chi connectivity index (χ1) is 9.15. The Hall–Kier alpha value is -1.75. The van der Waals surface area contributed by atoms with E-state index in [4.69, 9.17) is 0 Å². The fourth-order valence-corrected chi connectivity index (χ4v) is 2.10. The van der Waals surface area contributed by atoms with E-state index in [1.54, 1.807) is 19.3 Å². The highest BCUT2D eigenvalue weighted by atomic mass is 19.2. The van der Waals surface area contributed by atoms with Crippen molar-refractivity contribution in [3.8, 4) is 0 Å². The first-order valence-electron chi connectivity index (χ1n) is 6.30. The number of rotatable bonds is 5. The molecule has 1 heterocycles. The van der Waals surface area contributed by atoms with Crippen molar-refractivity contribution < 1.29 is 8.78 Å². The summed E-state index contributed by atoms with van der Waals surface area (Å²) < 4.78 is 28.1. The van der Waals surface area contributed by atoms with Crippen molar-refractivity contribution in [3.63, 3.8) is 0 Å². The molecule has 1 aromatic carbocycles. The minimum atomic E-state index is -0.835. The van der Waals surface area contributed by atoms with Crippen molar-refractivity contribution in [3.05, 3.63) is 53.4 Å². The molecule has 2 rings (SSSR count). The molecule has 0 saturated heterocycles. The van der Waals surface area contributed by atoms with Crippen LogP contribution in [0.1, 0.15) is 30.5 Å². The fourth-order valence-electron chi connectivity index (χ4n) is 2.10. The Kier molecular flexibility index (Phi) is 4.27. The predicted octanol–water partition coefficient (Wildman–Crippen LogP) is 2.88. The summed E-state index contributed by atoms with van der Waals surface area (Å²) in [5.74, 6) is -1.67. The van der Waals surface area contributed by atoms with Gasteiger partial charge in [0.05, 0.1) is 12.2 Å². The van der Waals surface area contributed by atoms with Crippen LogP contribution in [-0.4, -0.2) is 16.8 Å². The second kappa shape index (κ2) is 5.93. The maximum absolute atomic E-state index is 13.3. The van der Waals surface area contributed by atoms with E-state index in [1.807, 2.05) is 10.9 Å². The van der Waals surface area contributed by atoms with Crippen molar-refractivity contribution in [2.24, 2.45) is 0 Å². The van der Waals surface area contributed by atoms with Crippen LogP contribution in [0.25, 0.3) is 0 Å². The molecule has 0 fully saturated rings. The van der Waals surface area contributed by atoms with Crippen LogP contribution in [0.3, 0.4) is 0 Å². The molecule has 0 aliphatic rings. The lowest BCUT2D eigenvalue weighted by Gasteiger charge is -2.15. The Balaban J connectivity index is 2.29. The standard InChI is InChI=1S/C14H17F2N3/c1-3-6-19-9-11(8-18-19)14(17-2)10-4-5-12(15)13(16)7-10/h4-5,7-9,14,17H,3,6H2,1-2H3. The van der Waals surface area contributed by atoms with Crippen LogP contribution in [0.5, 0.6) is 0 Å². The number of aromatic nitrogens is 2. The molecule has 2 aromatic rings. The van der Waals surface area contributed by atoms with E-state index in [9.17, 15) is 8.78 Å². The van der Waals surface area contributed by atoms with E-state index in [0.29, 0.717) is 5.56 Å². The number of nitrogens with zero attached hydrogens (tertiary/aromatic N) is 2. The smallest absolute Gasteiger partial charge is 0.159 e. The van der Waals surface area contributed by atoms with Gasteiger partial charge in [-0.2, -0.15) is 5.10 Å². The molecule has 0 spiro atoms. The Morgan fingerprint density at radius 1 is 1.26 bits per heavy atom.